The lowest BCUT2D eigenvalue weighted by molar-refractivity contribution is -0.245. The van der Waals surface area contributed by atoms with Gasteiger partial charge in [0.05, 0.1) is 18.8 Å². The lowest BCUT2D eigenvalue weighted by Crippen LogP contribution is -2.31. The molecule has 0 aliphatic carbocycles. The van der Waals surface area contributed by atoms with Gasteiger partial charge in [0.1, 0.15) is 0 Å². The molecule has 1 fully saturated rings. The molecule has 1 saturated heterocycles. The number of benzene rings is 4. The Bertz CT molecular complexity index is 1690. The maximum atomic E-state index is 12.6. The van der Waals surface area contributed by atoms with Crippen molar-refractivity contribution in [2.75, 3.05) is 5.75 Å². The predicted octanol–water partition coefficient (Wildman–Crippen LogP) is 6.85. The lowest BCUT2D eigenvalue weighted by Gasteiger charge is -2.36. The number of aryl methyl sites for hydroxylation is 1. The summed E-state index contributed by atoms with van der Waals surface area (Å²) in [6.07, 6.45) is 3.69. The number of amides is 1. The summed E-state index contributed by atoms with van der Waals surface area (Å²) in [5, 5.41) is 13.5. The van der Waals surface area contributed by atoms with Crippen molar-refractivity contribution in [3.63, 3.8) is 0 Å². The fourth-order valence-electron chi connectivity index (χ4n) is 5.28. The second-order valence-corrected chi connectivity index (χ2v) is 11.8. The molecule has 0 spiro atoms. The summed E-state index contributed by atoms with van der Waals surface area (Å²) in [5.41, 5.74) is 6.61. The third-order valence-electron chi connectivity index (χ3n) is 7.70. The van der Waals surface area contributed by atoms with Gasteiger partial charge in [-0.3, -0.25) is 4.79 Å². The van der Waals surface area contributed by atoms with Crippen molar-refractivity contribution in [1.82, 2.24) is 14.9 Å². The van der Waals surface area contributed by atoms with Gasteiger partial charge in [-0.1, -0.05) is 90.6 Å². The minimum Gasteiger partial charge on any atom is -0.392 e. The molecule has 4 aromatic carbocycles. The van der Waals surface area contributed by atoms with E-state index in [-0.39, 0.29) is 24.7 Å². The number of aromatic nitrogens is 2. The van der Waals surface area contributed by atoms with Crippen molar-refractivity contribution in [2.24, 2.45) is 7.05 Å². The fraction of sp³-hybridized carbons (Fsp3) is 0.222. The van der Waals surface area contributed by atoms with Gasteiger partial charge in [0, 0.05) is 49.3 Å². The Morgan fingerprint density at radius 2 is 1.68 bits per heavy atom. The Morgan fingerprint density at radius 3 is 2.43 bits per heavy atom. The van der Waals surface area contributed by atoms with E-state index < -0.39 is 6.29 Å². The standard InChI is InChI=1S/C36H35N3O4S/c1-39-18-17-37-36(39)44-24-32-21-33(27-15-13-25(23-40)14-16-27)43-35(42-32)31-12-6-11-30(20-31)29-10-5-7-26(19-29)22-38-34(41)28-8-3-2-4-9-28/h2-20,32-33,35,40H,21-24H2,1H3,(H,38,41). The van der Waals surface area contributed by atoms with Crippen molar-refractivity contribution < 1.29 is 19.4 Å². The largest absolute Gasteiger partial charge is 0.392 e. The highest BCUT2D eigenvalue weighted by Crippen LogP contribution is 2.40. The molecule has 2 heterocycles. The number of nitrogens with zero attached hydrogens (tertiary/aromatic N) is 2. The normalized spacial score (nSPS) is 18.2. The topological polar surface area (TPSA) is 85.6 Å². The molecule has 7 nitrogen and oxygen atoms in total. The Labute approximate surface area is 261 Å². The molecule has 3 atom stereocenters. The minimum atomic E-state index is -0.550. The fourth-order valence-corrected chi connectivity index (χ4v) is 6.23. The number of rotatable bonds is 10. The molecule has 1 amide bonds. The van der Waals surface area contributed by atoms with Gasteiger partial charge in [0.25, 0.3) is 5.91 Å². The zero-order valence-corrected chi connectivity index (χ0v) is 25.3. The summed E-state index contributed by atoms with van der Waals surface area (Å²) in [6.45, 7) is 0.441. The highest BCUT2D eigenvalue weighted by atomic mass is 32.2. The van der Waals surface area contributed by atoms with Crippen molar-refractivity contribution >= 4 is 17.7 Å². The van der Waals surface area contributed by atoms with E-state index in [0.29, 0.717) is 18.5 Å². The smallest absolute Gasteiger partial charge is 0.251 e. The number of carbonyl (C=O) groups excluding carboxylic acids is 1. The Balaban J connectivity index is 1.20. The number of imidazole rings is 1. The molecule has 8 heteroatoms. The summed E-state index contributed by atoms with van der Waals surface area (Å²) in [4.78, 5) is 17.0. The lowest BCUT2D eigenvalue weighted by atomic mass is 9.99. The van der Waals surface area contributed by atoms with Gasteiger partial charge in [-0.15, -0.1) is 0 Å². The highest BCUT2D eigenvalue weighted by Gasteiger charge is 2.32. The first-order chi connectivity index (χ1) is 21.6. The van der Waals surface area contributed by atoms with Crippen LogP contribution in [0.2, 0.25) is 0 Å². The number of nitrogens with one attached hydrogen (secondary N) is 1. The van der Waals surface area contributed by atoms with E-state index >= 15 is 0 Å². The minimum absolute atomic E-state index is 0.00780. The van der Waals surface area contributed by atoms with Gasteiger partial charge < -0.3 is 24.5 Å². The van der Waals surface area contributed by atoms with E-state index in [2.05, 4.69) is 34.6 Å². The number of aliphatic hydroxyl groups is 1. The van der Waals surface area contributed by atoms with Crippen LogP contribution in [-0.4, -0.2) is 32.4 Å². The molecule has 1 aliphatic heterocycles. The number of aliphatic hydroxyl groups excluding tert-OH is 1. The van der Waals surface area contributed by atoms with Crippen molar-refractivity contribution in [3.05, 3.63) is 143 Å². The van der Waals surface area contributed by atoms with E-state index in [4.69, 9.17) is 9.47 Å². The van der Waals surface area contributed by atoms with Gasteiger partial charge in [0.15, 0.2) is 11.4 Å². The van der Waals surface area contributed by atoms with E-state index in [9.17, 15) is 9.90 Å². The molecule has 44 heavy (non-hydrogen) atoms. The summed E-state index contributed by atoms with van der Waals surface area (Å²) < 4.78 is 15.2. The number of carbonyl (C=O) groups is 1. The van der Waals surface area contributed by atoms with Crippen molar-refractivity contribution in [3.8, 4) is 11.1 Å². The first kappa shape index (κ1) is 29.8. The molecule has 0 radical (unpaired) electrons. The SMILES string of the molecule is Cn1ccnc1SCC1CC(c2ccc(CO)cc2)OC(c2cccc(-c3cccc(CNC(=O)c4ccccc4)c3)c2)O1. The maximum absolute atomic E-state index is 12.6. The number of hydrogen-bond donors (Lipinski definition) is 2. The summed E-state index contributed by atoms with van der Waals surface area (Å²) in [7, 11) is 1.99. The van der Waals surface area contributed by atoms with E-state index in [1.807, 2.05) is 96.7 Å². The number of ether oxygens (including phenoxy) is 2. The van der Waals surface area contributed by atoms with Gasteiger partial charge in [-0.2, -0.15) is 0 Å². The van der Waals surface area contributed by atoms with Crippen molar-refractivity contribution in [1.29, 1.82) is 0 Å². The number of hydrogen-bond acceptors (Lipinski definition) is 6. The van der Waals surface area contributed by atoms with Gasteiger partial charge in [-0.25, -0.2) is 4.98 Å². The van der Waals surface area contributed by atoms with Crippen molar-refractivity contribution in [2.45, 2.75) is 43.2 Å². The molecule has 0 saturated carbocycles. The van der Waals surface area contributed by atoms with E-state index in [1.165, 1.54) is 0 Å². The molecule has 6 rings (SSSR count). The summed E-state index contributed by atoms with van der Waals surface area (Å²) in [6, 6.07) is 33.6. The van der Waals surface area contributed by atoms with Crippen LogP contribution in [0.1, 0.15) is 51.4 Å². The molecule has 5 aromatic rings. The summed E-state index contributed by atoms with van der Waals surface area (Å²) >= 11 is 1.68. The van der Waals surface area contributed by atoms with Crippen LogP contribution < -0.4 is 5.32 Å². The zero-order chi connectivity index (χ0) is 30.3. The average Bonchev–Trinajstić information content (AvgIpc) is 3.51. The molecule has 2 N–H and O–H groups in total. The molecular weight excluding hydrogens is 570 g/mol. The van der Waals surface area contributed by atoms with E-state index in [0.717, 1.165) is 44.3 Å². The molecular formula is C36H35N3O4S. The van der Waals surface area contributed by atoms with Gasteiger partial charge in [0.2, 0.25) is 0 Å². The van der Waals surface area contributed by atoms with Crippen LogP contribution in [0.4, 0.5) is 0 Å². The molecule has 224 valence electrons. The second-order valence-electron chi connectivity index (χ2n) is 10.9. The first-order valence-corrected chi connectivity index (χ1v) is 15.7. The van der Waals surface area contributed by atoms with Crippen LogP contribution >= 0.6 is 11.8 Å². The van der Waals surface area contributed by atoms with Crippen LogP contribution in [0.5, 0.6) is 0 Å². The van der Waals surface area contributed by atoms with Crippen LogP contribution in [0, 0.1) is 0 Å². The third-order valence-corrected chi connectivity index (χ3v) is 8.89. The monoisotopic (exact) mass is 605 g/mol. The molecule has 0 bridgehead atoms. The van der Waals surface area contributed by atoms with Crippen LogP contribution in [0.25, 0.3) is 11.1 Å². The number of thioether (sulfide) groups is 1. The Kier molecular flexibility index (Phi) is 9.53. The van der Waals surface area contributed by atoms with Gasteiger partial charge >= 0.3 is 0 Å². The second kappa shape index (κ2) is 14.1. The average molecular weight is 606 g/mol. The molecule has 1 aromatic heterocycles. The van der Waals surface area contributed by atoms with Crippen LogP contribution in [-0.2, 0) is 29.7 Å². The molecule has 1 aliphatic rings. The van der Waals surface area contributed by atoms with E-state index in [1.54, 1.807) is 18.0 Å². The highest BCUT2D eigenvalue weighted by molar-refractivity contribution is 7.99. The van der Waals surface area contributed by atoms with Crippen LogP contribution in [0.15, 0.2) is 121 Å². The molecule has 3 unspecified atom stereocenters. The quantitative estimate of drug-likeness (QED) is 0.170. The maximum Gasteiger partial charge on any atom is 0.251 e. The summed E-state index contributed by atoms with van der Waals surface area (Å²) in [5.74, 6) is 0.646. The van der Waals surface area contributed by atoms with Crippen LogP contribution in [0.3, 0.4) is 0 Å². The predicted molar refractivity (Wildman–Crippen MR) is 172 cm³/mol. The third kappa shape index (κ3) is 7.29. The zero-order valence-electron chi connectivity index (χ0n) is 24.5. The Morgan fingerprint density at radius 1 is 0.909 bits per heavy atom. The van der Waals surface area contributed by atoms with Gasteiger partial charge in [-0.05, 0) is 52.1 Å². The first-order valence-electron chi connectivity index (χ1n) is 14.7. The Hall–Kier alpha value is -4.21.